The average Bonchev–Trinajstić information content (AvgIpc) is 3.58. The number of rotatable bonds is 13. The molecule has 13 heteroatoms. The molecule has 6 atom stereocenters. The van der Waals surface area contributed by atoms with E-state index in [2.05, 4.69) is 27.8 Å². The van der Waals surface area contributed by atoms with E-state index in [1.807, 2.05) is 55.4 Å². The lowest BCUT2D eigenvalue weighted by Crippen LogP contribution is -2.63. The van der Waals surface area contributed by atoms with E-state index in [0.29, 0.717) is 13.0 Å². The lowest BCUT2D eigenvalue weighted by molar-refractivity contribution is -0.153. The summed E-state index contributed by atoms with van der Waals surface area (Å²) in [4.78, 5) is 96.9. The Hall–Kier alpha value is -3.77. The van der Waals surface area contributed by atoms with Crippen LogP contribution in [0.4, 0.5) is 4.79 Å². The lowest BCUT2D eigenvalue weighted by Gasteiger charge is -2.40. The predicted molar refractivity (Wildman–Crippen MR) is 192 cm³/mol. The van der Waals surface area contributed by atoms with Gasteiger partial charge in [-0.25, -0.2) is 4.79 Å². The van der Waals surface area contributed by atoms with Crippen LogP contribution in [-0.2, 0) is 28.8 Å². The number of amides is 7. The molecule has 0 radical (unpaired) electrons. The Morgan fingerprint density at radius 2 is 1.53 bits per heavy atom. The van der Waals surface area contributed by atoms with Crippen LogP contribution in [0.3, 0.4) is 0 Å². The van der Waals surface area contributed by atoms with E-state index >= 15 is 0 Å². The second-order valence-electron chi connectivity index (χ2n) is 18.1. The van der Waals surface area contributed by atoms with Crippen molar-refractivity contribution in [2.24, 2.45) is 34.0 Å². The third-order valence-electron chi connectivity index (χ3n) is 10.9. The quantitative estimate of drug-likeness (QED) is 0.129. The van der Waals surface area contributed by atoms with Crippen LogP contribution in [0.1, 0.15) is 107 Å². The maximum absolute atomic E-state index is 14.5. The molecule has 7 amide bonds. The minimum atomic E-state index is -1.03. The van der Waals surface area contributed by atoms with Crippen molar-refractivity contribution in [1.29, 1.82) is 0 Å². The summed E-state index contributed by atoms with van der Waals surface area (Å²) in [7, 11) is 0. The number of nitrogens with one attached hydrogen (secondary N) is 4. The molecule has 2 saturated heterocycles. The first kappa shape index (κ1) is 40.0. The van der Waals surface area contributed by atoms with E-state index in [1.54, 1.807) is 4.90 Å². The number of piperidine rings is 1. The van der Waals surface area contributed by atoms with Gasteiger partial charge in [0.25, 0.3) is 5.91 Å². The van der Waals surface area contributed by atoms with Crippen molar-refractivity contribution in [2.45, 2.75) is 131 Å². The molecule has 0 aromatic rings. The van der Waals surface area contributed by atoms with Gasteiger partial charge in [0.15, 0.2) is 0 Å². The summed E-state index contributed by atoms with van der Waals surface area (Å²) in [6.07, 6.45) is 6.67. The van der Waals surface area contributed by atoms with Gasteiger partial charge in [-0.2, -0.15) is 0 Å². The Morgan fingerprint density at radius 3 is 2.08 bits per heavy atom. The van der Waals surface area contributed by atoms with Crippen molar-refractivity contribution in [3.63, 3.8) is 0 Å². The molecule has 2 aliphatic carbocycles. The Kier molecular flexibility index (Phi) is 12.1. The van der Waals surface area contributed by atoms with E-state index in [0.717, 1.165) is 32.1 Å². The van der Waals surface area contributed by atoms with Crippen LogP contribution in [-0.4, -0.2) is 95.0 Å². The van der Waals surface area contributed by atoms with Crippen LogP contribution in [0.25, 0.3) is 0 Å². The molecule has 4 N–H and O–H groups in total. The molecule has 4 rings (SSSR count). The Morgan fingerprint density at radius 1 is 0.902 bits per heavy atom. The van der Waals surface area contributed by atoms with Crippen molar-refractivity contribution in [3.05, 3.63) is 12.7 Å². The molecule has 4 aliphatic rings. The number of imide groups is 1. The van der Waals surface area contributed by atoms with Crippen LogP contribution < -0.4 is 21.3 Å². The van der Waals surface area contributed by atoms with Crippen molar-refractivity contribution < 1.29 is 33.6 Å². The van der Waals surface area contributed by atoms with Gasteiger partial charge in [0.05, 0.1) is 12.1 Å². The summed E-state index contributed by atoms with van der Waals surface area (Å²) in [5.74, 6) is -2.69. The van der Waals surface area contributed by atoms with Crippen LogP contribution in [0.15, 0.2) is 12.7 Å². The second-order valence-corrected chi connectivity index (χ2v) is 18.1. The highest BCUT2D eigenvalue weighted by Crippen LogP contribution is 2.43. The lowest BCUT2D eigenvalue weighted by atomic mass is 9.80. The maximum atomic E-state index is 14.5. The Bertz CT molecular complexity index is 1390. The molecule has 4 fully saturated rings. The number of urea groups is 1. The van der Waals surface area contributed by atoms with Gasteiger partial charge >= 0.3 is 6.03 Å². The smallest absolute Gasteiger partial charge is 0.315 e. The SMILES string of the molecule is C=CCNC(=O)C(=O)C(CC1CC1)NC(=O)[C@@H]1[C@H]2CCC[C@H]2CN1C(=O)[C@@H](NC(=O)N[C@H](CN1C(=O)CC(C)(C)CC1=O)C(C)(C)C)C(C)(C)C. The number of carbonyl (C=O) groups excluding carboxylic acids is 7. The number of hydrogen-bond donors (Lipinski definition) is 4. The summed E-state index contributed by atoms with van der Waals surface area (Å²) >= 11 is 0. The third kappa shape index (κ3) is 9.97. The molecule has 51 heavy (non-hydrogen) atoms. The van der Waals surface area contributed by atoms with Crippen LogP contribution in [0, 0.1) is 34.0 Å². The summed E-state index contributed by atoms with van der Waals surface area (Å²) in [6, 6.07) is -4.13. The molecular formula is C38H60N6O7. The van der Waals surface area contributed by atoms with Gasteiger partial charge in [0, 0.05) is 32.5 Å². The maximum Gasteiger partial charge on any atom is 0.315 e. The van der Waals surface area contributed by atoms with Gasteiger partial charge in [-0.05, 0) is 53.3 Å². The van der Waals surface area contributed by atoms with Gasteiger partial charge < -0.3 is 26.2 Å². The molecule has 2 heterocycles. The van der Waals surface area contributed by atoms with Gasteiger partial charge in [-0.3, -0.25) is 33.7 Å². The van der Waals surface area contributed by atoms with Crippen molar-refractivity contribution in [2.75, 3.05) is 19.6 Å². The summed E-state index contributed by atoms with van der Waals surface area (Å²) in [6.45, 7) is 19.0. The molecule has 2 aliphatic heterocycles. The van der Waals surface area contributed by atoms with Gasteiger partial charge in [-0.1, -0.05) is 80.7 Å². The van der Waals surface area contributed by atoms with Gasteiger partial charge in [-0.15, -0.1) is 6.58 Å². The van der Waals surface area contributed by atoms with E-state index in [-0.39, 0.29) is 55.5 Å². The largest absolute Gasteiger partial charge is 0.346 e. The molecule has 284 valence electrons. The number of nitrogens with zero attached hydrogens (tertiary/aromatic N) is 2. The average molecular weight is 713 g/mol. The molecule has 0 aromatic heterocycles. The topological polar surface area (TPSA) is 174 Å². The third-order valence-corrected chi connectivity index (χ3v) is 10.9. The molecule has 0 spiro atoms. The first-order valence-corrected chi connectivity index (χ1v) is 18.6. The standard InChI is InChI=1S/C38H60N6O7/c1-10-16-39-33(49)30(47)25(17-22-14-15-22)40-32(48)29-24-13-11-12-23(24)20-44(29)34(50)31(37(5,6)7)42-35(51)41-26(36(2,3)4)21-43-27(45)18-38(8,9)19-28(43)46/h10,22-26,29,31H,1,11-21H2,2-9H3,(H,39,49)(H,40,48)(H2,41,42,51)/t23-,24-,25?,26+,29-,31+/m0/s1. The minimum Gasteiger partial charge on any atom is -0.346 e. The highest BCUT2D eigenvalue weighted by Gasteiger charge is 2.52. The minimum absolute atomic E-state index is 0.00286. The number of hydrogen-bond acceptors (Lipinski definition) is 7. The molecule has 1 unspecified atom stereocenters. The molecular weight excluding hydrogens is 652 g/mol. The highest BCUT2D eigenvalue weighted by molar-refractivity contribution is 6.38. The van der Waals surface area contributed by atoms with Crippen molar-refractivity contribution in [1.82, 2.24) is 31.1 Å². The Labute approximate surface area is 302 Å². The van der Waals surface area contributed by atoms with Gasteiger partial charge in [0.2, 0.25) is 29.4 Å². The van der Waals surface area contributed by atoms with E-state index in [4.69, 9.17) is 0 Å². The number of fused-ring (bicyclic) bond motifs is 1. The zero-order valence-electron chi connectivity index (χ0n) is 31.9. The fourth-order valence-corrected chi connectivity index (χ4v) is 7.73. The van der Waals surface area contributed by atoms with Crippen molar-refractivity contribution >= 4 is 41.4 Å². The monoisotopic (exact) mass is 712 g/mol. The summed E-state index contributed by atoms with van der Waals surface area (Å²) in [5, 5.41) is 11.2. The van der Waals surface area contributed by atoms with Crippen LogP contribution >= 0.6 is 0 Å². The summed E-state index contributed by atoms with van der Waals surface area (Å²) < 4.78 is 0. The molecule has 0 aromatic carbocycles. The molecule has 2 saturated carbocycles. The van der Waals surface area contributed by atoms with Crippen LogP contribution in [0.2, 0.25) is 0 Å². The number of carbonyl (C=O) groups is 7. The zero-order chi connectivity index (χ0) is 38.1. The fraction of sp³-hybridized carbons (Fsp3) is 0.763. The van der Waals surface area contributed by atoms with Crippen LogP contribution in [0.5, 0.6) is 0 Å². The highest BCUT2D eigenvalue weighted by atomic mass is 16.2. The molecule has 13 nitrogen and oxygen atoms in total. The molecule has 0 bridgehead atoms. The number of likely N-dealkylation sites (tertiary alicyclic amines) is 2. The van der Waals surface area contributed by atoms with Crippen molar-refractivity contribution in [3.8, 4) is 0 Å². The van der Waals surface area contributed by atoms with E-state index < -0.39 is 69.9 Å². The van der Waals surface area contributed by atoms with Gasteiger partial charge in [0.1, 0.15) is 12.1 Å². The second kappa shape index (κ2) is 15.5. The number of ketones is 1. The number of Topliss-reactive ketones (excluding diaryl/α,β-unsaturated/α-hetero) is 1. The normalized spacial score (nSPS) is 25.0. The fourth-order valence-electron chi connectivity index (χ4n) is 7.73. The Balaban J connectivity index is 1.52. The van der Waals surface area contributed by atoms with E-state index in [9.17, 15) is 33.6 Å². The predicted octanol–water partition coefficient (Wildman–Crippen LogP) is 3.07. The first-order valence-electron chi connectivity index (χ1n) is 18.6. The van der Waals surface area contributed by atoms with E-state index in [1.165, 1.54) is 11.0 Å². The zero-order valence-corrected chi connectivity index (χ0v) is 31.9. The summed E-state index contributed by atoms with van der Waals surface area (Å²) in [5.41, 5.74) is -1.73. The first-order chi connectivity index (χ1) is 23.6.